The first-order chi connectivity index (χ1) is 17.3. The van der Waals surface area contributed by atoms with Gasteiger partial charge in [-0.2, -0.15) is 5.26 Å². The molecule has 0 amide bonds. The van der Waals surface area contributed by atoms with Crippen LogP contribution in [0.5, 0.6) is 0 Å². The molecule has 4 rings (SSSR count). The first-order valence-electron chi connectivity index (χ1n) is 15.3. The minimum atomic E-state index is -0.661. The van der Waals surface area contributed by atoms with E-state index in [9.17, 15) is 15.2 Å². The van der Waals surface area contributed by atoms with Crippen LogP contribution >= 0.6 is 0 Å². The van der Waals surface area contributed by atoms with Crippen molar-refractivity contribution in [3.05, 3.63) is 22.3 Å². The second-order valence-corrected chi connectivity index (χ2v) is 14.5. The average Bonchev–Trinajstić information content (AvgIpc) is 2.80. The van der Waals surface area contributed by atoms with Crippen molar-refractivity contribution in [3.63, 3.8) is 0 Å². The van der Waals surface area contributed by atoms with Gasteiger partial charge in [0, 0.05) is 0 Å². The molecular weight excluding hydrogens is 521 g/mol. The molecule has 4 unspecified atom stereocenters. The molecule has 0 saturated heterocycles. The van der Waals surface area contributed by atoms with Gasteiger partial charge in [0.25, 0.3) is 0 Å². The van der Waals surface area contributed by atoms with Crippen LogP contribution in [0.1, 0.15) is 153 Å². The predicted molar refractivity (Wildman–Crippen MR) is 163 cm³/mol. The van der Waals surface area contributed by atoms with Crippen LogP contribution in [-0.4, -0.2) is 16.6 Å². The number of aliphatic carboxylic acids is 1. The molecular formula is C35H60KNO3. The molecule has 5 heteroatoms. The topological polar surface area (TPSA) is 91.1 Å². The van der Waals surface area contributed by atoms with Gasteiger partial charge in [-0.15, -0.1) is 0 Å². The number of carboxylic acids is 1. The van der Waals surface area contributed by atoms with Crippen molar-refractivity contribution in [3.8, 4) is 6.07 Å². The maximum absolute atomic E-state index is 11.3. The summed E-state index contributed by atoms with van der Waals surface area (Å²) >= 11 is 0. The van der Waals surface area contributed by atoms with E-state index in [4.69, 9.17) is 0 Å². The number of carbonyl (C=O) groups is 1. The molecule has 0 aromatic heterocycles. The van der Waals surface area contributed by atoms with Crippen molar-refractivity contribution in [2.24, 2.45) is 33.5 Å². The van der Waals surface area contributed by atoms with Gasteiger partial charge in [-0.25, -0.2) is 0 Å². The van der Waals surface area contributed by atoms with Crippen LogP contribution in [0, 0.1) is 44.8 Å². The number of fused-ring (bicyclic) bond motifs is 2. The van der Waals surface area contributed by atoms with Gasteiger partial charge in [0.2, 0.25) is 0 Å². The summed E-state index contributed by atoms with van der Waals surface area (Å²) in [6.45, 7) is 18.9. The zero-order valence-electron chi connectivity index (χ0n) is 26.8. The van der Waals surface area contributed by atoms with Crippen molar-refractivity contribution in [1.82, 2.24) is 0 Å². The van der Waals surface area contributed by atoms with Crippen LogP contribution in [0.3, 0.4) is 0 Å². The fourth-order valence-corrected chi connectivity index (χ4v) is 9.80. The Bertz CT molecular complexity index is 972. The van der Waals surface area contributed by atoms with E-state index in [2.05, 4.69) is 61.5 Å². The fraction of sp³-hybridized carbons (Fsp3) is 0.829. The summed E-state index contributed by atoms with van der Waals surface area (Å²) in [5, 5.41) is 18.5. The number of nitriles is 1. The molecule has 4 aliphatic rings. The molecule has 0 aromatic carbocycles. The van der Waals surface area contributed by atoms with Crippen LogP contribution in [0.2, 0.25) is 0 Å². The Morgan fingerprint density at radius 1 is 0.825 bits per heavy atom. The maximum atomic E-state index is 11.3. The van der Waals surface area contributed by atoms with Crippen molar-refractivity contribution in [1.29, 1.82) is 5.26 Å². The van der Waals surface area contributed by atoms with Crippen molar-refractivity contribution in [2.45, 2.75) is 153 Å². The monoisotopic (exact) mass is 581 g/mol. The quantitative estimate of drug-likeness (QED) is 0.269. The van der Waals surface area contributed by atoms with E-state index in [-0.39, 0.29) is 76.1 Å². The molecule has 0 radical (unpaired) electrons. The molecule has 0 spiro atoms. The molecule has 0 aromatic rings. The molecule has 0 aliphatic heterocycles. The smallest absolute Gasteiger partial charge is 0.870 e. The number of carboxylic acid groups (broad SMARTS) is 1. The summed E-state index contributed by atoms with van der Waals surface area (Å²) in [7, 11) is 0. The van der Waals surface area contributed by atoms with E-state index in [0.717, 1.165) is 25.2 Å². The molecule has 4 aliphatic carbocycles. The normalized spacial score (nSPS) is 31.9. The number of nitrogens with zero attached hydrogens (tertiary/aromatic N) is 1. The van der Waals surface area contributed by atoms with Crippen LogP contribution in [0.4, 0.5) is 0 Å². The van der Waals surface area contributed by atoms with Crippen LogP contribution < -0.4 is 51.4 Å². The molecule has 0 heterocycles. The average molecular weight is 582 g/mol. The first kappa shape index (κ1) is 40.0. The van der Waals surface area contributed by atoms with E-state index in [1.807, 2.05) is 0 Å². The van der Waals surface area contributed by atoms with Gasteiger partial charge >= 0.3 is 57.4 Å². The third-order valence-electron chi connectivity index (χ3n) is 11.6. The van der Waals surface area contributed by atoms with E-state index in [1.54, 1.807) is 5.57 Å². The van der Waals surface area contributed by atoms with Crippen molar-refractivity contribution in [2.75, 3.05) is 0 Å². The molecule has 2 N–H and O–H groups in total. The summed E-state index contributed by atoms with van der Waals surface area (Å²) < 4.78 is 0. The minimum Gasteiger partial charge on any atom is -0.870 e. The Morgan fingerprint density at radius 2 is 1.23 bits per heavy atom. The van der Waals surface area contributed by atoms with Crippen LogP contribution in [0.15, 0.2) is 22.3 Å². The van der Waals surface area contributed by atoms with Gasteiger partial charge in [-0.1, -0.05) is 98.0 Å². The Labute approximate surface area is 290 Å². The zero-order chi connectivity index (χ0) is 27.6. The van der Waals surface area contributed by atoms with Gasteiger partial charge in [0.15, 0.2) is 0 Å². The van der Waals surface area contributed by atoms with Crippen LogP contribution in [0.25, 0.3) is 0 Å². The van der Waals surface area contributed by atoms with E-state index >= 15 is 0 Å². The Morgan fingerprint density at radius 3 is 1.60 bits per heavy atom. The number of allylic oxidation sites excluding steroid dienone is 3. The number of hydrogen-bond acceptors (Lipinski definition) is 3. The predicted octanol–water partition coefficient (Wildman–Crippen LogP) is 7.49. The molecule has 0 bridgehead atoms. The first-order valence-corrected chi connectivity index (χ1v) is 15.3. The van der Waals surface area contributed by atoms with E-state index in [0.29, 0.717) is 28.6 Å². The molecule has 4 nitrogen and oxygen atoms in total. The summed E-state index contributed by atoms with van der Waals surface area (Å²) in [5.74, 6) is 0.766. The van der Waals surface area contributed by atoms with E-state index < -0.39 is 5.97 Å². The Balaban J connectivity index is 0.000000708. The van der Waals surface area contributed by atoms with Gasteiger partial charge < -0.3 is 10.6 Å². The fourth-order valence-electron chi connectivity index (χ4n) is 9.80. The summed E-state index contributed by atoms with van der Waals surface area (Å²) in [6, 6.07) is 2.43. The second-order valence-electron chi connectivity index (χ2n) is 14.5. The van der Waals surface area contributed by atoms with Gasteiger partial charge in [0.05, 0.1) is 18.9 Å². The SMILES string of the molecule is C.CCC1=C(CC#N)C2(C)CCCC(C)(C)C2CC1.CCC1=C(CC(=O)O)C2(C)CCCC(C)(C)C2CC1.[K+].[OH-]. The number of hydrogen-bond donors (Lipinski definition) is 1. The summed E-state index contributed by atoms with van der Waals surface area (Å²) in [5.41, 5.74) is 7.04. The van der Waals surface area contributed by atoms with E-state index in [1.165, 1.54) is 74.5 Å². The zero-order valence-corrected chi connectivity index (χ0v) is 29.9. The summed E-state index contributed by atoms with van der Waals surface area (Å²) in [6.07, 6.45) is 15.7. The third kappa shape index (κ3) is 7.95. The second kappa shape index (κ2) is 15.7. The number of rotatable bonds is 5. The minimum absolute atomic E-state index is 0. The Hall–Kier alpha value is 0.0364. The standard InChI is InChI=1S/C17H27N.C17H28O2.CH4.K.H2O/c1-5-13-7-8-15-16(2,3)10-6-11-17(15,4)14(13)9-12-18;1-5-12-7-8-14-16(2,3)9-6-10-17(14,4)13(12)11-15(18)19;;;/h15H,5-11H2,1-4H3;14H,5-11H2,1-4H3,(H,18,19);1H4;;1H2/q;;;+1;/p-1. The van der Waals surface area contributed by atoms with Crippen molar-refractivity contribution < 1.29 is 66.8 Å². The van der Waals surface area contributed by atoms with Gasteiger partial charge in [0.1, 0.15) is 0 Å². The molecule has 2 fully saturated rings. The molecule has 224 valence electrons. The maximum Gasteiger partial charge on any atom is 1.00 e. The molecule has 4 atom stereocenters. The molecule has 2 saturated carbocycles. The third-order valence-corrected chi connectivity index (χ3v) is 11.6. The van der Waals surface area contributed by atoms with Crippen molar-refractivity contribution >= 4 is 5.97 Å². The largest absolute Gasteiger partial charge is 1.00 e. The van der Waals surface area contributed by atoms with Gasteiger partial charge in [-0.3, -0.25) is 4.79 Å². The summed E-state index contributed by atoms with van der Waals surface area (Å²) in [4.78, 5) is 11.3. The van der Waals surface area contributed by atoms with Gasteiger partial charge in [-0.05, 0) is 97.7 Å². The molecule has 40 heavy (non-hydrogen) atoms. The Kier molecular flexibility index (Phi) is 15.7. The van der Waals surface area contributed by atoms with Crippen LogP contribution in [-0.2, 0) is 4.79 Å².